The van der Waals surface area contributed by atoms with Gasteiger partial charge in [-0.15, -0.1) is 0 Å². The van der Waals surface area contributed by atoms with Crippen LogP contribution in [0.4, 0.5) is 5.69 Å². The molecule has 0 unspecified atom stereocenters. The molecule has 0 radical (unpaired) electrons. The zero-order valence-corrected chi connectivity index (χ0v) is 11.7. The second kappa shape index (κ2) is 5.67. The molecule has 0 aliphatic rings. The Morgan fingerprint density at radius 3 is 2.14 bits per heavy atom. The van der Waals surface area contributed by atoms with Crippen LogP contribution in [0.15, 0.2) is 77.9 Å². The highest BCUT2D eigenvalue weighted by Gasteiger charge is 2.00. The maximum Gasteiger partial charge on any atom is 0.0636 e. The van der Waals surface area contributed by atoms with E-state index in [2.05, 4.69) is 4.99 Å². The Balaban J connectivity index is 2.12. The van der Waals surface area contributed by atoms with Gasteiger partial charge in [0.2, 0.25) is 0 Å². The van der Waals surface area contributed by atoms with Crippen molar-refractivity contribution < 1.29 is 5.11 Å². The molecule has 0 saturated carbocycles. The fourth-order valence-corrected chi connectivity index (χ4v) is 2.23. The van der Waals surface area contributed by atoms with E-state index in [0.29, 0.717) is 11.1 Å². The summed E-state index contributed by atoms with van der Waals surface area (Å²) in [6, 6.07) is 21.1. The Hall–Kier alpha value is -2.81. The van der Waals surface area contributed by atoms with Crippen molar-refractivity contribution in [3.8, 4) is 11.4 Å². The molecule has 3 aromatic rings. The summed E-state index contributed by atoms with van der Waals surface area (Å²) in [7, 11) is 0. The third-order valence-electron chi connectivity index (χ3n) is 3.34. The highest BCUT2D eigenvalue weighted by atomic mass is 16.3. The maximum atomic E-state index is 12.5. The summed E-state index contributed by atoms with van der Waals surface area (Å²) in [5.41, 5.74) is 2.41. The van der Waals surface area contributed by atoms with E-state index in [1.807, 2.05) is 78.4 Å². The van der Waals surface area contributed by atoms with E-state index in [1.165, 1.54) is 0 Å². The van der Waals surface area contributed by atoms with E-state index in [1.54, 1.807) is 6.07 Å². The summed E-state index contributed by atoms with van der Waals surface area (Å²) in [4.78, 5) is 4.41. The van der Waals surface area contributed by atoms with E-state index < -0.39 is 0 Å². The van der Waals surface area contributed by atoms with Crippen molar-refractivity contribution in [2.24, 2.45) is 4.99 Å². The van der Waals surface area contributed by atoms with Gasteiger partial charge in [0.15, 0.2) is 0 Å². The Labute approximate surface area is 123 Å². The summed E-state index contributed by atoms with van der Waals surface area (Å²) >= 11 is 0. The molecule has 21 heavy (non-hydrogen) atoms. The molecule has 3 nitrogen and oxygen atoms in total. The van der Waals surface area contributed by atoms with Gasteiger partial charge in [-0.1, -0.05) is 42.1 Å². The average molecular weight is 275 g/mol. The van der Waals surface area contributed by atoms with Gasteiger partial charge in [0.25, 0.3) is 0 Å². The molecule has 1 aromatic heterocycles. The van der Waals surface area contributed by atoms with Crippen LogP contribution in [0.25, 0.3) is 5.69 Å². The third-order valence-corrected chi connectivity index (χ3v) is 3.34. The van der Waals surface area contributed by atoms with Crippen LogP contribution in [-0.2, 0) is 0 Å². The number of hydrogen-bond acceptors (Lipinski definition) is 2. The minimum Gasteiger partial charge on any atom is -0.870 e. The van der Waals surface area contributed by atoms with E-state index >= 15 is 0 Å². The van der Waals surface area contributed by atoms with Crippen LogP contribution in [0.3, 0.4) is 0 Å². The zero-order valence-electron chi connectivity index (χ0n) is 11.7. The largest absolute Gasteiger partial charge is 0.870 e. The van der Waals surface area contributed by atoms with E-state index in [9.17, 15) is 5.11 Å². The first kappa shape index (κ1) is 13.2. The Morgan fingerprint density at radius 1 is 0.857 bits per heavy atom. The number of aromatic nitrogens is 1. The van der Waals surface area contributed by atoms with Gasteiger partial charge in [-0.2, -0.15) is 0 Å². The van der Waals surface area contributed by atoms with Gasteiger partial charge in [0.05, 0.1) is 11.0 Å². The quantitative estimate of drug-likeness (QED) is 0.708. The van der Waals surface area contributed by atoms with Crippen LogP contribution in [-0.4, -0.2) is 4.57 Å². The van der Waals surface area contributed by atoms with Crippen LogP contribution in [0.1, 0.15) is 5.69 Å². The van der Waals surface area contributed by atoms with Crippen LogP contribution >= 0.6 is 0 Å². The van der Waals surface area contributed by atoms with E-state index in [-0.39, 0.29) is 5.75 Å². The number of pyridine rings is 1. The summed E-state index contributed by atoms with van der Waals surface area (Å²) in [6.45, 7) is 1.82. The molecule has 0 N–H and O–H groups in total. The van der Waals surface area contributed by atoms with Crippen LogP contribution in [0.5, 0.6) is 5.75 Å². The first-order valence-corrected chi connectivity index (χ1v) is 6.80. The number of hydrogen-bond donors (Lipinski definition) is 0. The molecule has 0 fully saturated rings. The third kappa shape index (κ3) is 2.72. The van der Waals surface area contributed by atoms with Gasteiger partial charge in [0.1, 0.15) is 0 Å². The summed E-state index contributed by atoms with van der Waals surface area (Å²) in [6.07, 6.45) is 1.88. The molecule has 104 valence electrons. The number of benzene rings is 2. The van der Waals surface area contributed by atoms with Crippen LogP contribution in [0, 0.1) is 6.92 Å². The molecule has 0 aliphatic carbocycles. The van der Waals surface area contributed by atoms with Crippen molar-refractivity contribution in [3.05, 3.63) is 84.0 Å². The molecule has 0 amide bonds. The first-order chi connectivity index (χ1) is 10.3. The highest BCUT2D eigenvalue weighted by molar-refractivity contribution is 5.40. The summed E-state index contributed by atoms with van der Waals surface area (Å²) in [5.74, 6) is -0.0507. The fraction of sp³-hybridized carbons (Fsp3) is 0.0556. The van der Waals surface area contributed by atoms with Crippen molar-refractivity contribution >= 4 is 5.69 Å². The normalized spacial score (nSPS) is 11.6. The van der Waals surface area contributed by atoms with Crippen LogP contribution < -0.4 is 10.5 Å². The van der Waals surface area contributed by atoms with Gasteiger partial charge >= 0.3 is 0 Å². The van der Waals surface area contributed by atoms with Gasteiger partial charge in [0, 0.05) is 17.6 Å². The smallest absolute Gasteiger partial charge is 0.0636 e. The fourth-order valence-electron chi connectivity index (χ4n) is 2.23. The number of nitrogens with zero attached hydrogens (tertiary/aromatic N) is 2. The second-order valence-electron chi connectivity index (χ2n) is 4.77. The molecule has 0 saturated heterocycles. The molecule has 3 rings (SSSR count). The molecule has 0 spiro atoms. The lowest BCUT2D eigenvalue weighted by Crippen LogP contribution is -2.16. The predicted octanol–water partition coefficient (Wildman–Crippen LogP) is 3.09. The van der Waals surface area contributed by atoms with Crippen molar-refractivity contribution in [2.45, 2.75) is 6.92 Å². The Bertz CT molecular complexity index is 806. The standard InChI is InChI=1S/C18H16N2O/c1-14-18(21)17(19-15-8-4-2-5-9-15)12-13-20(14)16-10-6-3-7-11-16/h2-13,21H,1H3/p-1. The van der Waals surface area contributed by atoms with Gasteiger partial charge in [-0.3, -0.25) is 0 Å². The lowest BCUT2D eigenvalue weighted by molar-refractivity contribution is -0.271. The number of rotatable bonds is 2. The lowest BCUT2D eigenvalue weighted by atomic mass is 10.2. The highest BCUT2D eigenvalue weighted by Crippen LogP contribution is 2.15. The molecule has 0 atom stereocenters. The zero-order chi connectivity index (χ0) is 14.7. The van der Waals surface area contributed by atoms with Crippen LogP contribution in [0.2, 0.25) is 0 Å². The molecule has 3 heteroatoms. The van der Waals surface area contributed by atoms with Crippen molar-refractivity contribution in [1.82, 2.24) is 4.57 Å². The predicted molar refractivity (Wildman–Crippen MR) is 81.6 cm³/mol. The average Bonchev–Trinajstić information content (AvgIpc) is 2.54. The Kier molecular flexibility index (Phi) is 3.56. The summed E-state index contributed by atoms with van der Waals surface area (Å²) < 4.78 is 1.88. The Morgan fingerprint density at radius 2 is 1.48 bits per heavy atom. The SMILES string of the molecule is Cc1c([O-])c(=Nc2ccccc2)ccn1-c1ccccc1. The molecule has 0 bridgehead atoms. The maximum absolute atomic E-state index is 12.5. The number of para-hydroxylation sites is 2. The second-order valence-corrected chi connectivity index (χ2v) is 4.77. The van der Waals surface area contributed by atoms with E-state index in [0.717, 1.165) is 11.4 Å². The monoisotopic (exact) mass is 275 g/mol. The molecular formula is C18H15N2O-. The summed E-state index contributed by atoms with van der Waals surface area (Å²) in [5, 5.41) is 12.9. The minimum absolute atomic E-state index is 0.0507. The molecule has 0 aliphatic heterocycles. The van der Waals surface area contributed by atoms with Gasteiger partial charge in [-0.05, 0) is 37.3 Å². The van der Waals surface area contributed by atoms with Crippen molar-refractivity contribution in [1.29, 1.82) is 0 Å². The topological polar surface area (TPSA) is 40.4 Å². The molecule has 1 heterocycles. The van der Waals surface area contributed by atoms with Crippen molar-refractivity contribution in [2.75, 3.05) is 0 Å². The van der Waals surface area contributed by atoms with Gasteiger partial charge < -0.3 is 9.67 Å². The first-order valence-electron chi connectivity index (χ1n) is 6.80. The van der Waals surface area contributed by atoms with Crippen molar-refractivity contribution in [3.63, 3.8) is 0 Å². The lowest BCUT2D eigenvalue weighted by Gasteiger charge is -2.18. The molecule has 2 aromatic carbocycles. The minimum atomic E-state index is -0.0507. The van der Waals surface area contributed by atoms with Gasteiger partial charge in [-0.25, -0.2) is 4.99 Å². The van der Waals surface area contributed by atoms with E-state index in [4.69, 9.17) is 0 Å². The molecular weight excluding hydrogens is 260 g/mol.